The number of rotatable bonds is 3. The summed E-state index contributed by atoms with van der Waals surface area (Å²) in [6.45, 7) is 9.00. The first-order valence-electron chi connectivity index (χ1n) is 7.89. The zero-order valence-corrected chi connectivity index (χ0v) is 13.2. The van der Waals surface area contributed by atoms with Crippen LogP contribution < -0.4 is 0 Å². The normalized spacial score (nSPS) is 20.0. The van der Waals surface area contributed by atoms with Crippen LogP contribution in [0.1, 0.15) is 41.4 Å². The van der Waals surface area contributed by atoms with Crippen molar-refractivity contribution in [3.63, 3.8) is 0 Å². The van der Waals surface area contributed by atoms with Gasteiger partial charge in [0.25, 0.3) is 0 Å². The quantitative estimate of drug-likeness (QED) is 0.872. The number of aromatic nitrogens is 1. The van der Waals surface area contributed by atoms with Crippen LogP contribution in [0.3, 0.4) is 0 Å². The first-order valence-corrected chi connectivity index (χ1v) is 7.89. The number of H-pyrrole nitrogens is 1. The van der Waals surface area contributed by atoms with Crippen molar-refractivity contribution in [1.82, 2.24) is 9.88 Å². The van der Waals surface area contributed by atoms with Crippen molar-refractivity contribution in [2.75, 3.05) is 19.6 Å². The Hall–Kier alpha value is -1.61. The molecule has 1 atom stereocenters. The van der Waals surface area contributed by atoms with Crippen molar-refractivity contribution >= 4 is 16.7 Å². The molecule has 2 heterocycles. The fourth-order valence-electron chi connectivity index (χ4n) is 3.52. The summed E-state index contributed by atoms with van der Waals surface area (Å²) in [7, 11) is 0. The largest absolute Gasteiger partial charge is 0.358 e. The Bertz CT molecular complexity index is 671. The Morgan fingerprint density at radius 3 is 2.95 bits per heavy atom. The molecule has 0 saturated carbocycles. The lowest BCUT2D eigenvalue weighted by molar-refractivity contribution is 0.0894. The highest BCUT2D eigenvalue weighted by Gasteiger charge is 2.22. The predicted molar refractivity (Wildman–Crippen MR) is 86.9 cm³/mol. The van der Waals surface area contributed by atoms with Gasteiger partial charge in [0.1, 0.15) is 0 Å². The minimum Gasteiger partial charge on any atom is -0.358 e. The molecule has 1 aromatic heterocycles. The van der Waals surface area contributed by atoms with Crippen molar-refractivity contribution in [1.29, 1.82) is 0 Å². The van der Waals surface area contributed by atoms with Crippen molar-refractivity contribution in [2.45, 2.75) is 33.6 Å². The lowest BCUT2D eigenvalue weighted by atomic mass is 9.99. The van der Waals surface area contributed by atoms with Gasteiger partial charge in [-0.25, -0.2) is 0 Å². The van der Waals surface area contributed by atoms with E-state index in [0.29, 0.717) is 12.5 Å². The zero-order valence-electron chi connectivity index (χ0n) is 13.2. The predicted octanol–water partition coefficient (Wildman–Crippen LogP) is 3.70. The highest BCUT2D eigenvalue weighted by Crippen LogP contribution is 2.24. The summed E-state index contributed by atoms with van der Waals surface area (Å²) < 4.78 is 0. The van der Waals surface area contributed by atoms with Gasteiger partial charge in [-0.1, -0.05) is 19.1 Å². The third-order valence-electron chi connectivity index (χ3n) is 4.53. The van der Waals surface area contributed by atoms with Crippen molar-refractivity contribution in [3.05, 3.63) is 35.0 Å². The molecule has 1 saturated heterocycles. The number of hydrogen-bond acceptors (Lipinski definition) is 2. The van der Waals surface area contributed by atoms with Crippen molar-refractivity contribution in [3.8, 4) is 0 Å². The molecule has 1 aromatic carbocycles. The van der Waals surface area contributed by atoms with Crippen LogP contribution in [0.5, 0.6) is 0 Å². The van der Waals surface area contributed by atoms with E-state index in [4.69, 9.17) is 0 Å². The summed E-state index contributed by atoms with van der Waals surface area (Å²) in [5.74, 6) is 0.954. The molecule has 1 fully saturated rings. The molecule has 0 spiro atoms. The molecule has 1 aliphatic rings. The van der Waals surface area contributed by atoms with Crippen LogP contribution in [-0.4, -0.2) is 35.3 Å². The summed E-state index contributed by atoms with van der Waals surface area (Å²) >= 11 is 0. The number of fused-ring (bicyclic) bond motifs is 1. The van der Waals surface area contributed by atoms with E-state index in [1.54, 1.807) is 0 Å². The number of Topliss-reactive ketones (excluding diaryl/α,β-unsaturated/α-hetero) is 1. The van der Waals surface area contributed by atoms with Gasteiger partial charge < -0.3 is 4.98 Å². The second-order valence-corrected chi connectivity index (χ2v) is 6.58. The Morgan fingerprint density at radius 1 is 1.38 bits per heavy atom. The van der Waals surface area contributed by atoms with E-state index in [-0.39, 0.29) is 5.78 Å². The summed E-state index contributed by atoms with van der Waals surface area (Å²) in [4.78, 5) is 18.4. The highest BCUT2D eigenvalue weighted by atomic mass is 16.1. The first-order chi connectivity index (χ1) is 10.0. The maximum atomic E-state index is 12.7. The van der Waals surface area contributed by atoms with Gasteiger partial charge >= 0.3 is 0 Å². The Morgan fingerprint density at radius 2 is 2.19 bits per heavy atom. The molecule has 1 N–H and O–H groups in total. The molecule has 1 aliphatic heterocycles. The van der Waals surface area contributed by atoms with E-state index in [9.17, 15) is 4.79 Å². The summed E-state index contributed by atoms with van der Waals surface area (Å²) in [5, 5.41) is 1.06. The van der Waals surface area contributed by atoms with Crippen LogP contribution in [0.25, 0.3) is 10.9 Å². The molecular weight excluding hydrogens is 260 g/mol. The first kappa shape index (κ1) is 14.3. The fraction of sp³-hybridized carbons (Fsp3) is 0.500. The van der Waals surface area contributed by atoms with Crippen LogP contribution in [0.4, 0.5) is 0 Å². The smallest absolute Gasteiger partial charge is 0.179 e. The van der Waals surface area contributed by atoms with Gasteiger partial charge in [-0.05, 0) is 50.8 Å². The van der Waals surface area contributed by atoms with Gasteiger partial charge in [-0.15, -0.1) is 0 Å². The van der Waals surface area contributed by atoms with Crippen LogP contribution in [0, 0.1) is 19.8 Å². The van der Waals surface area contributed by atoms with Crippen molar-refractivity contribution in [2.24, 2.45) is 5.92 Å². The standard InChI is InChI=1S/C18H24N2O/c1-12-6-7-15-16(9-12)19-14(3)18(15)17(21)11-20-8-4-5-13(2)10-20/h6-7,9,13,19H,4-5,8,10-11H2,1-3H3/t13-/m1/s1. The van der Waals surface area contributed by atoms with E-state index >= 15 is 0 Å². The maximum Gasteiger partial charge on any atom is 0.179 e. The van der Waals surface area contributed by atoms with Gasteiger partial charge in [-0.2, -0.15) is 0 Å². The number of aromatic amines is 1. The zero-order chi connectivity index (χ0) is 15.0. The molecule has 0 amide bonds. The van der Waals surface area contributed by atoms with Crippen molar-refractivity contribution < 1.29 is 4.79 Å². The number of ketones is 1. The number of hydrogen-bond donors (Lipinski definition) is 1. The Labute approximate surface area is 126 Å². The molecule has 0 unspecified atom stereocenters. The van der Waals surface area contributed by atoms with Gasteiger partial charge in [0.2, 0.25) is 0 Å². The van der Waals surface area contributed by atoms with Crippen LogP contribution >= 0.6 is 0 Å². The minimum absolute atomic E-state index is 0.247. The summed E-state index contributed by atoms with van der Waals surface area (Å²) in [6.07, 6.45) is 2.50. The number of aryl methyl sites for hydroxylation is 2. The van der Waals surface area contributed by atoms with Crippen LogP contribution in [0.15, 0.2) is 18.2 Å². The lowest BCUT2D eigenvalue weighted by Gasteiger charge is -2.30. The third-order valence-corrected chi connectivity index (χ3v) is 4.53. The molecular formula is C18H24N2O. The molecule has 0 bridgehead atoms. The number of nitrogens with one attached hydrogen (secondary N) is 1. The van der Waals surface area contributed by atoms with Crippen LogP contribution in [0.2, 0.25) is 0 Å². The topological polar surface area (TPSA) is 36.1 Å². The molecule has 2 aromatic rings. The number of carbonyl (C=O) groups excluding carboxylic acids is 1. The molecule has 0 aliphatic carbocycles. The molecule has 112 valence electrons. The molecule has 3 heteroatoms. The molecule has 21 heavy (non-hydrogen) atoms. The fourth-order valence-corrected chi connectivity index (χ4v) is 3.52. The number of carbonyl (C=O) groups is 1. The van der Waals surface area contributed by atoms with E-state index < -0.39 is 0 Å². The average molecular weight is 284 g/mol. The SMILES string of the molecule is Cc1ccc2c(C(=O)CN3CCC[C@@H](C)C3)c(C)[nH]c2c1. The maximum absolute atomic E-state index is 12.7. The molecule has 3 nitrogen and oxygen atoms in total. The summed E-state index contributed by atoms with van der Waals surface area (Å²) in [6, 6.07) is 6.26. The van der Waals surface area contributed by atoms with Gasteiger partial charge in [0.15, 0.2) is 5.78 Å². The van der Waals surface area contributed by atoms with Gasteiger partial charge in [-0.3, -0.25) is 9.69 Å². The second-order valence-electron chi connectivity index (χ2n) is 6.58. The van der Waals surface area contributed by atoms with E-state index in [1.807, 2.05) is 6.92 Å². The lowest BCUT2D eigenvalue weighted by Crippen LogP contribution is -2.38. The minimum atomic E-state index is 0.247. The van der Waals surface area contributed by atoms with Gasteiger partial charge in [0, 0.05) is 28.7 Å². The number of nitrogens with zero attached hydrogens (tertiary/aromatic N) is 1. The molecule has 0 radical (unpaired) electrons. The monoisotopic (exact) mass is 284 g/mol. The van der Waals surface area contributed by atoms with Gasteiger partial charge in [0.05, 0.1) is 6.54 Å². The van der Waals surface area contributed by atoms with Crippen LogP contribution in [-0.2, 0) is 0 Å². The van der Waals surface area contributed by atoms with E-state index in [0.717, 1.165) is 35.2 Å². The van der Waals surface area contributed by atoms with E-state index in [1.165, 1.54) is 18.4 Å². The highest BCUT2D eigenvalue weighted by molar-refractivity contribution is 6.10. The van der Waals surface area contributed by atoms with E-state index in [2.05, 4.69) is 41.9 Å². The third kappa shape index (κ3) is 2.88. The second kappa shape index (κ2) is 5.64. The Kier molecular flexibility index (Phi) is 3.85. The number of benzene rings is 1. The summed E-state index contributed by atoms with van der Waals surface area (Å²) in [5.41, 5.74) is 4.16. The number of piperidine rings is 1. The molecule has 3 rings (SSSR count). The number of likely N-dealkylation sites (tertiary alicyclic amines) is 1. The average Bonchev–Trinajstić information content (AvgIpc) is 2.73. The Balaban J connectivity index is 1.86.